The summed E-state index contributed by atoms with van der Waals surface area (Å²) >= 11 is 0. The van der Waals surface area contributed by atoms with Gasteiger partial charge in [-0.2, -0.15) is 0 Å². The van der Waals surface area contributed by atoms with Gasteiger partial charge in [-0.1, -0.05) is 13.0 Å². The van der Waals surface area contributed by atoms with Crippen molar-refractivity contribution >= 4 is 5.69 Å². The molecule has 2 aliphatic rings. The second-order valence-electron chi connectivity index (χ2n) is 5.65. The molecule has 1 aromatic heterocycles. The lowest BCUT2D eigenvalue weighted by molar-refractivity contribution is 0.324. The highest BCUT2D eigenvalue weighted by atomic mass is 16.5. The van der Waals surface area contributed by atoms with Crippen molar-refractivity contribution < 1.29 is 4.74 Å². The van der Waals surface area contributed by atoms with Crippen LogP contribution in [0.1, 0.15) is 19.2 Å². The Morgan fingerprint density at radius 2 is 2.30 bits per heavy atom. The number of fused-ring (bicyclic) bond motifs is 2. The summed E-state index contributed by atoms with van der Waals surface area (Å²) in [6, 6.07) is 6.16. The first-order valence-electron chi connectivity index (χ1n) is 7.25. The molecule has 5 heteroatoms. The maximum atomic E-state index is 5.85. The van der Waals surface area contributed by atoms with Crippen LogP contribution in [0.15, 0.2) is 18.2 Å². The van der Waals surface area contributed by atoms with E-state index in [4.69, 9.17) is 4.74 Å². The zero-order chi connectivity index (χ0) is 13.5. The summed E-state index contributed by atoms with van der Waals surface area (Å²) in [5.41, 5.74) is 2.10. The Morgan fingerprint density at radius 3 is 3.25 bits per heavy atom. The number of aromatic nitrogens is 3. The quantitative estimate of drug-likeness (QED) is 0.864. The molecule has 0 spiro atoms. The second kappa shape index (κ2) is 4.51. The monoisotopic (exact) mass is 270 g/mol. The van der Waals surface area contributed by atoms with Crippen LogP contribution in [0.3, 0.4) is 0 Å². The van der Waals surface area contributed by atoms with Gasteiger partial charge in [-0.25, -0.2) is 0 Å². The minimum atomic E-state index is 0.696. The zero-order valence-corrected chi connectivity index (χ0v) is 11.6. The molecule has 3 heterocycles. The van der Waals surface area contributed by atoms with Crippen LogP contribution in [0.4, 0.5) is 5.69 Å². The van der Waals surface area contributed by atoms with Gasteiger partial charge in [0.05, 0.1) is 11.3 Å². The molecule has 0 fully saturated rings. The maximum absolute atomic E-state index is 5.85. The standard InChI is InChI=1S/C15H18N4O/c1-10-5-7-19-13(9-10)17-18-15(19)11-3-2-4-12-14(11)20-8-6-16-12/h2-4,10,16H,5-9H2,1H3. The summed E-state index contributed by atoms with van der Waals surface area (Å²) in [7, 11) is 0. The summed E-state index contributed by atoms with van der Waals surface area (Å²) in [5.74, 6) is 3.64. The molecule has 0 saturated heterocycles. The van der Waals surface area contributed by atoms with Gasteiger partial charge in [-0.05, 0) is 24.5 Å². The molecule has 1 unspecified atom stereocenters. The lowest BCUT2D eigenvalue weighted by atomic mass is 10.00. The molecule has 4 rings (SSSR count). The Labute approximate surface area is 118 Å². The van der Waals surface area contributed by atoms with Crippen LogP contribution in [0, 0.1) is 5.92 Å². The summed E-state index contributed by atoms with van der Waals surface area (Å²) in [6.45, 7) is 4.82. The first-order chi connectivity index (χ1) is 9.83. The van der Waals surface area contributed by atoms with Crippen LogP contribution < -0.4 is 10.1 Å². The van der Waals surface area contributed by atoms with Crippen LogP contribution in [0.25, 0.3) is 11.4 Å². The van der Waals surface area contributed by atoms with E-state index in [1.54, 1.807) is 0 Å². The highest BCUT2D eigenvalue weighted by molar-refractivity contribution is 5.75. The maximum Gasteiger partial charge on any atom is 0.167 e. The molecule has 1 N–H and O–H groups in total. The molecule has 5 nitrogen and oxygen atoms in total. The third kappa shape index (κ3) is 1.77. The Bertz CT molecular complexity index is 649. The van der Waals surface area contributed by atoms with E-state index < -0.39 is 0 Å². The van der Waals surface area contributed by atoms with Gasteiger partial charge in [0, 0.05) is 19.5 Å². The van der Waals surface area contributed by atoms with Gasteiger partial charge in [0.15, 0.2) is 11.6 Å². The normalized spacial score (nSPS) is 20.6. The third-order valence-corrected chi connectivity index (χ3v) is 4.12. The fraction of sp³-hybridized carbons (Fsp3) is 0.467. The average molecular weight is 270 g/mol. The predicted octanol–water partition coefficient (Wildman–Crippen LogP) is 2.33. The number of rotatable bonds is 1. The molecule has 2 aliphatic heterocycles. The molecule has 0 bridgehead atoms. The van der Waals surface area contributed by atoms with Gasteiger partial charge in [-0.3, -0.25) is 0 Å². The van der Waals surface area contributed by atoms with Crippen LogP contribution >= 0.6 is 0 Å². The number of hydrogen-bond donors (Lipinski definition) is 1. The molecule has 0 radical (unpaired) electrons. The highest BCUT2D eigenvalue weighted by Crippen LogP contribution is 2.38. The van der Waals surface area contributed by atoms with Crippen molar-refractivity contribution in [1.82, 2.24) is 14.8 Å². The van der Waals surface area contributed by atoms with Gasteiger partial charge < -0.3 is 14.6 Å². The molecule has 20 heavy (non-hydrogen) atoms. The van der Waals surface area contributed by atoms with Crippen molar-refractivity contribution in [2.75, 3.05) is 18.5 Å². The van der Waals surface area contributed by atoms with Crippen LogP contribution in [-0.4, -0.2) is 27.9 Å². The summed E-state index contributed by atoms with van der Waals surface area (Å²) in [6.07, 6.45) is 2.20. The number of nitrogens with zero attached hydrogens (tertiary/aromatic N) is 3. The van der Waals surface area contributed by atoms with Gasteiger partial charge >= 0.3 is 0 Å². The number of anilines is 1. The zero-order valence-electron chi connectivity index (χ0n) is 11.6. The molecule has 1 aromatic carbocycles. The molecular formula is C15H18N4O. The molecule has 0 amide bonds. The van der Waals surface area contributed by atoms with Crippen molar-refractivity contribution in [3.05, 3.63) is 24.0 Å². The minimum Gasteiger partial charge on any atom is -0.489 e. The smallest absolute Gasteiger partial charge is 0.167 e. The Balaban J connectivity index is 1.83. The fourth-order valence-corrected chi connectivity index (χ4v) is 3.03. The summed E-state index contributed by atoms with van der Waals surface area (Å²) in [4.78, 5) is 0. The third-order valence-electron chi connectivity index (χ3n) is 4.12. The first kappa shape index (κ1) is 11.8. The van der Waals surface area contributed by atoms with E-state index >= 15 is 0 Å². The highest BCUT2D eigenvalue weighted by Gasteiger charge is 2.24. The van der Waals surface area contributed by atoms with Crippen LogP contribution in [0.2, 0.25) is 0 Å². The SMILES string of the molecule is CC1CCn2c(nnc2-c2cccc3c2OCCN3)C1. The largest absolute Gasteiger partial charge is 0.489 e. The van der Waals surface area contributed by atoms with Crippen LogP contribution in [0.5, 0.6) is 5.75 Å². The summed E-state index contributed by atoms with van der Waals surface area (Å²) < 4.78 is 8.09. The van der Waals surface area contributed by atoms with E-state index in [0.717, 1.165) is 48.2 Å². The fourth-order valence-electron chi connectivity index (χ4n) is 3.03. The van der Waals surface area contributed by atoms with E-state index in [0.29, 0.717) is 12.5 Å². The molecule has 1 atom stereocenters. The number of para-hydroxylation sites is 1. The van der Waals surface area contributed by atoms with Crippen molar-refractivity contribution in [1.29, 1.82) is 0 Å². The van der Waals surface area contributed by atoms with E-state index in [1.165, 1.54) is 6.42 Å². The Morgan fingerprint density at radius 1 is 1.35 bits per heavy atom. The van der Waals surface area contributed by atoms with Gasteiger partial charge in [-0.15, -0.1) is 10.2 Å². The van der Waals surface area contributed by atoms with Crippen LogP contribution in [-0.2, 0) is 13.0 Å². The molecule has 2 aromatic rings. The predicted molar refractivity (Wildman–Crippen MR) is 76.9 cm³/mol. The summed E-state index contributed by atoms with van der Waals surface area (Å²) in [5, 5.41) is 12.2. The van der Waals surface area contributed by atoms with E-state index in [-0.39, 0.29) is 0 Å². The van der Waals surface area contributed by atoms with E-state index in [2.05, 4.69) is 33.1 Å². The van der Waals surface area contributed by atoms with Crippen molar-refractivity contribution in [3.8, 4) is 17.1 Å². The first-order valence-corrected chi connectivity index (χ1v) is 7.25. The topological polar surface area (TPSA) is 52.0 Å². The Hall–Kier alpha value is -2.04. The lowest BCUT2D eigenvalue weighted by Gasteiger charge is -2.23. The number of ether oxygens (including phenoxy) is 1. The van der Waals surface area contributed by atoms with Gasteiger partial charge in [0.1, 0.15) is 12.4 Å². The molecule has 0 aliphatic carbocycles. The van der Waals surface area contributed by atoms with Crippen molar-refractivity contribution in [3.63, 3.8) is 0 Å². The molecular weight excluding hydrogens is 252 g/mol. The molecule has 0 saturated carbocycles. The van der Waals surface area contributed by atoms with Gasteiger partial charge in [0.2, 0.25) is 0 Å². The van der Waals surface area contributed by atoms with Crippen molar-refractivity contribution in [2.45, 2.75) is 26.3 Å². The van der Waals surface area contributed by atoms with Gasteiger partial charge in [0.25, 0.3) is 0 Å². The number of benzene rings is 1. The number of hydrogen-bond acceptors (Lipinski definition) is 4. The Kier molecular flexibility index (Phi) is 2.65. The van der Waals surface area contributed by atoms with Crippen molar-refractivity contribution in [2.24, 2.45) is 5.92 Å². The number of nitrogens with one attached hydrogen (secondary N) is 1. The van der Waals surface area contributed by atoms with E-state index in [1.807, 2.05) is 12.1 Å². The second-order valence-corrected chi connectivity index (χ2v) is 5.65. The average Bonchev–Trinajstić information content (AvgIpc) is 2.89. The minimum absolute atomic E-state index is 0.696. The lowest BCUT2D eigenvalue weighted by Crippen LogP contribution is -2.20. The van der Waals surface area contributed by atoms with E-state index in [9.17, 15) is 0 Å². The molecule has 104 valence electrons.